The molecule has 2 aromatic heterocycles. The van der Waals surface area contributed by atoms with Gasteiger partial charge in [0.25, 0.3) is 0 Å². The lowest BCUT2D eigenvalue weighted by Gasteiger charge is -2.12. The molecule has 0 amide bonds. The molecule has 5 rings (SSSR count). The summed E-state index contributed by atoms with van der Waals surface area (Å²) in [5.74, 6) is -0.523. The summed E-state index contributed by atoms with van der Waals surface area (Å²) < 4.78 is 50.6. The fraction of sp³-hybridized carbons (Fsp3) is 0.0769. The number of ketones is 1. The van der Waals surface area contributed by atoms with Crippen LogP contribution in [0, 0.1) is 12.7 Å². The number of rotatable bonds is 7. The van der Waals surface area contributed by atoms with Crippen LogP contribution < -0.4 is 20.9 Å². The van der Waals surface area contributed by atoms with Gasteiger partial charge in [0.1, 0.15) is 17.3 Å². The van der Waals surface area contributed by atoms with Gasteiger partial charge in [-0.25, -0.2) is 9.07 Å². The maximum Gasteiger partial charge on any atom is 0.387 e. The molecule has 3 aromatic carbocycles. The van der Waals surface area contributed by atoms with E-state index in [9.17, 15) is 18.0 Å². The Morgan fingerprint density at radius 1 is 1.05 bits per heavy atom. The zero-order chi connectivity index (χ0) is 26.3. The van der Waals surface area contributed by atoms with Crippen LogP contribution >= 0.6 is 0 Å². The number of carbonyl (C=O) groups excluding carboxylic acids is 1. The first-order valence-corrected chi connectivity index (χ1v) is 11.0. The number of ether oxygens (including phenoxy) is 2. The topological polar surface area (TPSA) is 121 Å². The molecule has 11 heteroatoms. The van der Waals surface area contributed by atoms with E-state index in [1.165, 1.54) is 41.2 Å². The Morgan fingerprint density at radius 3 is 2.57 bits per heavy atom. The number of nitrogen functional groups attached to an aromatic ring is 2. The molecule has 0 radical (unpaired) electrons. The average Bonchev–Trinajstić information content (AvgIpc) is 3.43. The predicted octanol–water partition coefficient (Wildman–Crippen LogP) is 5.59. The second-order valence-corrected chi connectivity index (χ2v) is 8.20. The number of nitrogens with one attached hydrogen (secondary N) is 1. The Balaban J connectivity index is 1.42. The number of H-pyrrole nitrogens is 1. The molecule has 37 heavy (non-hydrogen) atoms. The van der Waals surface area contributed by atoms with Crippen molar-refractivity contribution in [1.82, 2.24) is 14.8 Å². The maximum absolute atomic E-state index is 13.9. The van der Waals surface area contributed by atoms with Gasteiger partial charge in [0.05, 0.1) is 28.8 Å². The van der Waals surface area contributed by atoms with Crippen molar-refractivity contribution in [2.45, 2.75) is 13.5 Å². The zero-order valence-corrected chi connectivity index (χ0v) is 19.3. The Morgan fingerprint density at radius 2 is 1.84 bits per heavy atom. The number of nitrogens with zero attached hydrogens (tertiary/aromatic N) is 2. The van der Waals surface area contributed by atoms with Crippen LogP contribution in [-0.4, -0.2) is 27.2 Å². The first kappa shape index (κ1) is 23.8. The van der Waals surface area contributed by atoms with Crippen LogP contribution in [0.1, 0.15) is 21.6 Å². The van der Waals surface area contributed by atoms with E-state index in [1.807, 2.05) is 0 Å². The van der Waals surface area contributed by atoms with Crippen LogP contribution in [0.25, 0.3) is 16.6 Å². The smallest absolute Gasteiger partial charge is 0.387 e. The highest BCUT2D eigenvalue weighted by atomic mass is 19.3. The van der Waals surface area contributed by atoms with E-state index in [1.54, 1.807) is 37.3 Å². The molecule has 188 valence electrons. The summed E-state index contributed by atoms with van der Waals surface area (Å²) in [5.41, 5.74) is 14.1. The standard InChI is InChI=1S/C26H20F3N5O3/c1-13-8-15(36-22-5-3-2-4-17(22)27)6-7-21(13)34-25(31)16(12-32-34)24(35)20-9-14-10-23(37-26(28)29)18(30)11-19(14)33-20/h2-12,26,33H,30-31H2,1H3. The third kappa shape index (κ3) is 4.54. The van der Waals surface area contributed by atoms with Gasteiger partial charge in [-0.1, -0.05) is 12.1 Å². The number of para-hydroxylation sites is 1. The number of alkyl halides is 2. The monoisotopic (exact) mass is 507 g/mol. The number of halogens is 3. The van der Waals surface area contributed by atoms with Crippen LogP contribution in [0.5, 0.6) is 17.2 Å². The van der Waals surface area contributed by atoms with E-state index < -0.39 is 18.2 Å². The Kier molecular flexibility index (Phi) is 5.96. The minimum absolute atomic E-state index is 0.00103. The van der Waals surface area contributed by atoms with E-state index in [0.717, 1.165) is 5.56 Å². The zero-order valence-electron chi connectivity index (χ0n) is 19.3. The van der Waals surface area contributed by atoms with Gasteiger partial charge >= 0.3 is 6.61 Å². The molecule has 2 heterocycles. The molecule has 0 spiro atoms. The van der Waals surface area contributed by atoms with Crippen molar-refractivity contribution in [2.24, 2.45) is 0 Å². The first-order chi connectivity index (χ1) is 17.7. The predicted molar refractivity (Wildman–Crippen MR) is 132 cm³/mol. The van der Waals surface area contributed by atoms with Gasteiger partial charge in [0, 0.05) is 10.9 Å². The lowest BCUT2D eigenvalue weighted by molar-refractivity contribution is -0.0492. The molecule has 0 aliphatic heterocycles. The second kappa shape index (κ2) is 9.26. The highest BCUT2D eigenvalue weighted by Crippen LogP contribution is 2.32. The number of aromatic nitrogens is 3. The molecule has 0 atom stereocenters. The highest BCUT2D eigenvalue weighted by molar-refractivity contribution is 6.12. The van der Waals surface area contributed by atoms with E-state index in [2.05, 4.69) is 14.8 Å². The van der Waals surface area contributed by atoms with Crippen molar-refractivity contribution in [1.29, 1.82) is 0 Å². The van der Waals surface area contributed by atoms with Crippen molar-refractivity contribution in [2.75, 3.05) is 11.5 Å². The molecule has 0 unspecified atom stereocenters. The van der Waals surface area contributed by atoms with Crippen LogP contribution in [-0.2, 0) is 0 Å². The highest BCUT2D eigenvalue weighted by Gasteiger charge is 2.21. The van der Waals surface area contributed by atoms with Crippen molar-refractivity contribution < 1.29 is 27.4 Å². The number of fused-ring (bicyclic) bond motifs is 1. The number of hydrogen-bond acceptors (Lipinski definition) is 6. The summed E-state index contributed by atoms with van der Waals surface area (Å²) in [7, 11) is 0. The summed E-state index contributed by atoms with van der Waals surface area (Å²) >= 11 is 0. The summed E-state index contributed by atoms with van der Waals surface area (Å²) in [6, 6.07) is 15.3. The number of aryl methyl sites for hydroxylation is 1. The number of anilines is 2. The van der Waals surface area contributed by atoms with Gasteiger partial charge in [-0.3, -0.25) is 4.79 Å². The Hall–Kier alpha value is -4.93. The van der Waals surface area contributed by atoms with Gasteiger partial charge in [0.2, 0.25) is 5.78 Å². The third-order valence-electron chi connectivity index (χ3n) is 5.72. The number of hydrogen-bond donors (Lipinski definition) is 3. The average molecular weight is 507 g/mol. The van der Waals surface area contributed by atoms with Gasteiger partial charge in [-0.2, -0.15) is 13.9 Å². The van der Waals surface area contributed by atoms with Crippen LogP contribution in [0.3, 0.4) is 0 Å². The van der Waals surface area contributed by atoms with Gasteiger partial charge in [-0.05, 0) is 61.0 Å². The Bertz CT molecular complexity index is 1640. The van der Waals surface area contributed by atoms with E-state index >= 15 is 0 Å². The summed E-state index contributed by atoms with van der Waals surface area (Å²) in [6.07, 6.45) is 1.34. The lowest BCUT2D eigenvalue weighted by atomic mass is 10.1. The van der Waals surface area contributed by atoms with Gasteiger partial charge in [0.15, 0.2) is 11.6 Å². The van der Waals surface area contributed by atoms with Crippen LogP contribution in [0.4, 0.5) is 24.7 Å². The normalized spacial score (nSPS) is 11.3. The van der Waals surface area contributed by atoms with Crippen molar-refractivity contribution in [3.8, 4) is 22.9 Å². The molecular formula is C26H20F3N5O3. The SMILES string of the molecule is Cc1cc(Oc2ccccc2F)ccc1-n1ncc(C(=O)c2cc3cc(OC(F)F)c(N)cc3[nH]2)c1N. The second-order valence-electron chi connectivity index (χ2n) is 8.20. The molecule has 0 saturated heterocycles. The third-order valence-corrected chi connectivity index (χ3v) is 5.72. The quantitative estimate of drug-likeness (QED) is 0.195. The minimum atomic E-state index is -3.03. The molecule has 0 aliphatic carbocycles. The minimum Gasteiger partial charge on any atom is -0.454 e. The van der Waals surface area contributed by atoms with Crippen molar-refractivity contribution in [3.05, 3.63) is 89.5 Å². The van der Waals surface area contributed by atoms with Crippen LogP contribution in [0.15, 0.2) is 66.9 Å². The summed E-state index contributed by atoms with van der Waals surface area (Å²) in [5, 5.41) is 4.73. The largest absolute Gasteiger partial charge is 0.454 e. The molecule has 0 aliphatic rings. The molecule has 0 saturated carbocycles. The number of benzene rings is 3. The molecule has 5 N–H and O–H groups in total. The fourth-order valence-corrected chi connectivity index (χ4v) is 3.95. The van der Waals surface area contributed by atoms with E-state index in [0.29, 0.717) is 22.3 Å². The fourth-order valence-electron chi connectivity index (χ4n) is 3.95. The number of aromatic amines is 1. The van der Waals surface area contributed by atoms with Crippen molar-refractivity contribution in [3.63, 3.8) is 0 Å². The molecule has 5 aromatic rings. The summed E-state index contributed by atoms with van der Waals surface area (Å²) in [4.78, 5) is 16.1. The summed E-state index contributed by atoms with van der Waals surface area (Å²) in [6.45, 7) is -1.23. The van der Waals surface area contributed by atoms with Gasteiger partial charge < -0.3 is 25.9 Å². The first-order valence-electron chi connectivity index (χ1n) is 11.0. The molecule has 0 fully saturated rings. The molecular weight excluding hydrogens is 487 g/mol. The number of carbonyl (C=O) groups is 1. The lowest BCUT2D eigenvalue weighted by Crippen LogP contribution is -2.08. The van der Waals surface area contributed by atoms with Crippen molar-refractivity contribution >= 4 is 28.2 Å². The van der Waals surface area contributed by atoms with E-state index in [4.69, 9.17) is 16.2 Å². The molecule has 8 nitrogen and oxygen atoms in total. The van der Waals surface area contributed by atoms with E-state index in [-0.39, 0.29) is 34.3 Å². The van der Waals surface area contributed by atoms with Gasteiger partial charge in [-0.15, -0.1) is 0 Å². The Labute approximate surface area is 208 Å². The molecule has 0 bridgehead atoms. The maximum atomic E-state index is 13.9. The van der Waals surface area contributed by atoms with Crippen LogP contribution in [0.2, 0.25) is 0 Å². The number of nitrogens with two attached hydrogens (primary N) is 2.